The quantitative estimate of drug-likeness (QED) is 0.538. The molecule has 2 aromatic rings. The van der Waals surface area contributed by atoms with Crippen molar-refractivity contribution in [2.75, 3.05) is 0 Å². The van der Waals surface area contributed by atoms with Crippen molar-refractivity contribution in [1.29, 1.82) is 5.26 Å². The fraction of sp³-hybridized carbons (Fsp3) is 0.111. The molecule has 6 heteroatoms. The molecule has 0 aliphatic heterocycles. The Balaban J connectivity index is 2.85. The maximum Gasteiger partial charge on any atom is 0.490 e. The number of rotatable bonds is 1. The highest BCUT2D eigenvalue weighted by atomic mass is 16.4. The van der Waals surface area contributed by atoms with E-state index in [2.05, 4.69) is 9.97 Å². The monoisotopic (exact) mass is 201 g/mol. The highest BCUT2D eigenvalue weighted by Gasteiger charge is 2.21. The Kier molecular flexibility index (Phi) is 2.19. The Bertz CT molecular complexity index is 556. The third kappa shape index (κ3) is 1.48. The maximum atomic E-state index is 9.21. The van der Waals surface area contributed by atoms with Gasteiger partial charge >= 0.3 is 7.12 Å². The van der Waals surface area contributed by atoms with Crippen LogP contribution in [0, 0.1) is 18.3 Å². The van der Waals surface area contributed by atoms with Crippen molar-refractivity contribution in [3.05, 3.63) is 23.5 Å². The molecule has 5 nitrogen and oxygen atoms in total. The lowest BCUT2D eigenvalue weighted by Crippen LogP contribution is -2.33. The molecule has 0 saturated heterocycles. The predicted octanol–water partition coefficient (Wildman–Crippen LogP) is -0.577. The summed E-state index contributed by atoms with van der Waals surface area (Å²) in [5.41, 5.74) is 1.78. The van der Waals surface area contributed by atoms with Crippen molar-refractivity contribution >= 4 is 23.6 Å². The van der Waals surface area contributed by atoms with Gasteiger partial charge in [-0.25, -0.2) is 4.98 Å². The van der Waals surface area contributed by atoms with E-state index < -0.39 is 7.12 Å². The second kappa shape index (κ2) is 3.39. The van der Waals surface area contributed by atoms with Crippen LogP contribution >= 0.6 is 0 Å². The number of pyridine rings is 1. The molecule has 2 rings (SSSR count). The first kappa shape index (κ1) is 9.71. The number of aryl methyl sites for hydroxylation is 1. The fourth-order valence-electron chi connectivity index (χ4n) is 1.59. The molecule has 0 aliphatic rings. The second-order valence-electron chi connectivity index (χ2n) is 3.29. The van der Waals surface area contributed by atoms with Crippen LogP contribution < -0.4 is 5.46 Å². The first-order chi connectivity index (χ1) is 7.13. The van der Waals surface area contributed by atoms with E-state index in [-0.39, 0.29) is 11.0 Å². The summed E-state index contributed by atoms with van der Waals surface area (Å²) >= 11 is 0. The van der Waals surface area contributed by atoms with Gasteiger partial charge in [0.15, 0.2) is 0 Å². The third-order valence-electron chi connectivity index (χ3n) is 2.21. The number of aromatic amines is 1. The van der Waals surface area contributed by atoms with Crippen molar-refractivity contribution in [3.63, 3.8) is 0 Å². The zero-order valence-corrected chi connectivity index (χ0v) is 8.02. The van der Waals surface area contributed by atoms with Crippen LogP contribution in [0.5, 0.6) is 0 Å². The van der Waals surface area contributed by atoms with Gasteiger partial charge in [0.2, 0.25) is 0 Å². The molecule has 0 atom stereocenters. The van der Waals surface area contributed by atoms with Crippen molar-refractivity contribution in [2.45, 2.75) is 6.92 Å². The lowest BCUT2D eigenvalue weighted by molar-refractivity contribution is 0.426. The molecule has 0 aromatic carbocycles. The van der Waals surface area contributed by atoms with Crippen molar-refractivity contribution in [3.8, 4) is 6.07 Å². The first-order valence-corrected chi connectivity index (χ1v) is 4.38. The van der Waals surface area contributed by atoms with Gasteiger partial charge in [-0.1, -0.05) is 0 Å². The molecule has 3 N–H and O–H groups in total. The van der Waals surface area contributed by atoms with Gasteiger partial charge in [-0.3, -0.25) is 0 Å². The maximum absolute atomic E-state index is 9.21. The van der Waals surface area contributed by atoms with Crippen LogP contribution in [-0.4, -0.2) is 27.1 Å². The second-order valence-corrected chi connectivity index (χ2v) is 3.29. The van der Waals surface area contributed by atoms with Crippen molar-refractivity contribution < 1.29 is 10.0 Å². The molecule has 2 aromatic heterocycles. The summed E-state index contributed by atoms with van der Waals surface area (Å²) in [4.78, 5) is 6.98. The lowest BCUT2D eigenvalue weighted by atomic mass is 9.76. The first-order valence-electron chi connectivity index (χ1n) is 4.38. The average molecular weight is 201 g/mol. The normalized spacial score (nSPS) is 10.3. The molecule has 0 spiro atoms. The summed E-state index contributed by atoms with van der Waals surface area (Å²) < 4.78 is 0. The van der Waals surface area contributed by atoms with E-state index >= 15 is 0 Å². The van der Waals surface area contributed by atoms with E-state index in [0.29, 0.717) is 11.0 Å². The molecule has 0 fully saturated rings. The lowest BCUT2D eigenvalue weighted by Gasteiger charge is -2.02. The standard InChI is InChI=1S/C9H8BN3O2/c1-5-2-7-8(10(14)15)6(3-11)4-12-9(7)13-5/h2,4,14-15H,1H3,(H,12,13). The molecular formula is C9H8BN3O2. The Hall–Kier alpha value is -1.84. The molecule has 0 aliphatic carbocycles. The zero-order valence-electron chi connectivity index (χ0n) is 8.02. The molecule has 0 bridgehead atoms. The minimum atomic E-state index is -1.67. The summed E-state index contributed by atoms with van der Waals surface area (Å²) in [7, 11) is -1.67. The minimum absolute atomic E-state index is 0.177. The van der Waals surface area contributed by atoms with Gasteiger partial charge in [-0.05, 0) is 13.0 Å². The highest BCUT2D eigenvalue weighted by Crippen LogP contribution is 2.12. The topological polar surface area (TPSA) is 92.9 Å². The largest absolute Gasteiger partial charge is 0.490 e. The number of H-pyrrole nitrogens is 1. The SMILES string of the molecule is Cc1cc2c(B(O)O)c(C#N)cnc2[nH]1. The predicted molar refractivity (Wildman–Crippen MR) is 55.4 cm³/mol. The molecule has 0 unspecified atom stereocenters. The van der Waals surface area contributed by atoms with Gasteiger partial charge in [-0.15, -0.1) is 0 Å². The van der Waals surface area contributed by atoms with Gasteiger partial charge in [0, 0.05) is 22.7 Å². The number of nitrogens with one attached hydrogen (secondary N) is 1. The highest BCUT2D eigenvalue weighted by molar-refractivity contribution is 6.62. The van der Waals surface area contributed by atoms with Crippen LogP contribution in [0.3, 0.4) is 0 Å². The van der Waals surface area contributed by atoms with Crippen molar-refractivity contribution in [2.24, 2.45) is 0 Å². The smallest absolute Gasteiger partial charge is 0.423 e. The van der Waals surface area contributed by atoms with E-state index in [1.807, 2.05) is 13.0 Å². The van der Waals surface area contributed by atoms with E-state index in [0.717, 1.165) is 5.69 Å². The van der Waals surface area contributed by atoms with E-state index in [1.54, 1.807) is 6.07 Å². The van der Waals surface area contributed by atoms with Gasteiger partial charge in [0.05, 0.1) is 5.56 Å². The summed E-state index contributed by atoms with van der Waals surface area (Å²) in [5.74, 6) is 0. The van der Waals surface area contributed by atoms with Crippen LogP contribution in [0.15, 0.2) is 12.3 Å². The van der Waals surface area contributed by atoms with E-state index in [4.69, 9.17) is 5.26 Å². The summed E-state index contributed by atoms with van der Waals surface area (Å²) in [5, 5.41) is 27.8. The Morgan fingerprint density at radius 2 is 2.27 bits per heavy atom. The van der Waals surface area contributed by atoms with Gasteiger partial charge in [0.25, 0.3) is 0 Å². The number of hydrogen-bond acceptors (Lipinski definition) is 4. The van der Waals surface area contributed by atoms with Crippen LogP contribution in [-0.2, 0) is 0 Å². The molecule has 0 radical (unpaired) electrons. The molecule has 74 valence electrons. The van der Waals surface area contributed by atoms with Crippen LogP contribution in [0.2, 0.25) is 0 Å². The average Bonchev–Trinajstić information content (AvgIpc) is 2.55. The third-order valence-corrected chi connectivity index (χ3v) is 2.21. The molecular weight excluding hydrogens is 193 g/mol. The summed E-state index contributed by atoms with van der Waals surface area (Å²) in [6, 6.07) is 3.62. The van der Waals surface area contributed by atoms with Gasteiger partial charge < -0.3 is 15.0 Å². The molecule has 0 amide bonds. The summed E-state index contributed by atoms with van der Waals surface area (Å²) in [6.45, 7) is 1.83. The number of hydrogen-bond donors (Lipinski definition) is 3. The van der Waals surface area contributed by atoms with E-state index in [1.165, 1.54) is 6.20 Å². The Morgan fingerprint density at radius 1 is 1.53 bits per heavy atom. The number of nitrogens with zero attached hydrogens (tertiary/aromatic N) is 2. The molecule has 2 heterocycles. The van der Waals surface area contributed by atoms with Crippen LogP contribution in [0.4, 0.5) is 0 Å². The van der Waals surface area contributed by atoms with Gasteiger partial charge in [-0.2, -0.15) is 5.26 Å². The number of fused-ring (bicyclic) bond motifs is 1. The fourth-order valence-corrected chi connectivity index (χ4v) is 1.59. The zero-order chi connectivity index (χ0) is 11.0. The Morgan fingerprint density at radius 3 is 2.87 bits per heavy atom. The van der Waals surface area contributed by atoms with Crippen LogP contribution in [0.1, 0.15) is 11.3 Å². The van der Waals surface area contributed by atoms with Gasteiger partial charge in [0.1, 0.15) is 11.7 Å². The molecule has 0 saturated carbocycles. The summed E-state index contributed by atoms with van der Waals surface area (Å²) in [6.07, 6.45) is 1.33. The Labute approximate surface area is 86.1 Å². The molecule has 15 heavy (non-hydrogen) atoms. The van der Waals surface area contributed by atoms with E-state index in [9.17, 15) is 10.0 Å². The van der Waals surface area contributed by atoms with Crippen LogP contribution in [0.25, 0.3) is 11.0 Å². The number of nitriles is 1. The van der Waals surface area contributed by atoms with Crippen molar-refractivity contribution in [1.82, 2.24) is 9.97 Å². The number of aromatic nitrogens is 2. The minimum Gasteiger partial charge on any atom is -0.423 e.